The summed E-state index contributed by atoms with van der Waals surface area (Å²) in [6.07, 6.45) is 8.19. The third-order valence-electron chi connectivity index (χ3n) is 8.09. The topological polar surface area (TPSA) is 79.9 Å². The molecule has 4 aliphatic rings. The Bertz CT molecular complexity index is 955. The van der Waals surface area contributed by atoms with E-state index in [-0.39, 0.29) is 23.3 Å². The number of piperidine rings is 1. The molecule has 2 N–H and O–H groups in total. The molecule has 0 aromatic heterocycles. The molecule has 0 bridgehead atoms. The van der Waals surface area contributed by atoms with Gasteiger partial charge in [-0.25, -0.2) is 0 Å². The number of carbonyl (C=O) groups is 2. The van der Waals surface area contributed by atoms with Crippen LogP contribution in [0.3, 0.4) is 0 Å². The van der Waals surface area contributed by atoms with E-state index >= 15 is 0 Å². The zero-order valence-electron chi connectivity index (χ0n) is 20.2. The summed E-state index contributed by atoms with van der Waals surface area (Å²) >= 11 is 0. The number of ether oxygens (including phenoxy) is 2. The molecule has 1 saturated carbocycles. The van der Waals surface area contributed by atoms with Crippen LogP contribution in [0.2, 0.25) is 0 Å². The maximum atomic E-state index is 13.0. The van der Waals surface area contributed by atoms with Crippen molar-refractivity contribution in [3.63, 3.8) is 0 Å². The van der Waals surface area contributed by atoms with Crippen molar-refractivity contribution in [3.05, 3.63) is 41.6 Å². The van der Waals surface area contributed by atoms with Gasteiger partial charge in [-0.3, -0.25) is 9.59 Å². The molecule has 3 fully saturated rings. The number of hydrogen-bond acceptors (Lipinski definition) is 5. The number of nitrogens with zero attached hydrogens (tertiary/aromatic N) is 1. The molecule has 1 aromatic rings. The lowest BCUT2D eigenvalue weighted by Gasteiger charge is -2.38. The van der Waals surface area contributed by atoms with E-state index < -0.39 is 6.04 Å². The molecule has 3 atom stereocenters. The Morgan fingerprint density at radius 1 is 1.21 bits per heavy atom. The van der Waals surface area contributed by atoms with Crippen LogP contribution in [0.4, 0.5) is 0 Å². The van der Waals surface area contributed by atoms with Gasteiger partial charge < -0.3 is 25.0 Å². The van der Waals surface area contributed by atoms with Crippen LogP contribution in [0.25, 0.3) is 0 Å². The maximum absolute atomic E-state index is 13.0. The summed E-state index contributed by atoms with van der Waals surface area (Å²) in [6, 6.07) is 5.67. The first-order valence-corrected chi connectivity index (χ1v) is 12.8. The Hall–Kier alpha value is -2.38. The van der Waals surface area contributed by atoms with Crippen molar-refractivity contribution in [2.45, 2.75) is 83.0 Å². The predicted octanol–water partition coefficient (Wildman–Crippen LogP) is 3.53. The molecule has 1 aliphatic carbocycles. The van der Waals surface area contributed by atoms with Crippen molar-refractivity contribution < 1.29 is 19.1 Å². The summed E-state index contributed by atoms with van der Waals surface area (Å²) in [5.74, 6) is 0.602. The van der Waals surface area contributed by atoms with Crippen LogP contribution >= 0.6 is 0 Å². The highest BCUT2D eigenvalue weighted by Crippen LogP contribution is 2.33. The first-order chi connectivity index (χ1) is 16.4. The third-order valence-corrected chi connectivity index (χ3v) is 8.09. The molecule has 5 rings (SSSR count). The molecule has 1 aromatic carbocycles. The highest BCUT2D eigenvalue weighted by molar-refractivity contribution is 6.01. The molecule has 3 aliphatic heterocycles. The molecular weight excluding hydrogens is 430 g/mol. The van der Waals surface area contributed by atoms with Gasteiger partial charge in [0.25, 0.3) is 5.91 Å². The molecular formula is C27H37N3O4. The van der Waals surface area contributed by atoms with Crippen molar-refractivity contribution in [3.8, 4) is 5.75 Å². The first kappa shape index (κ1) is 23.4. The maximum Gasteiger partial charge on any atom is 0.255 e. The summed E-state index contributed by atoms with van der Waals surface area (Å²) in [5, 5.41) is 6.62. The highest BCUT2D eigenvalue weighted by Gasteiger charge is 2.38. The van der Waals surface area contributed by atoms with Gasteiger partial charge in [0.15, 0.2) is 0 Å². The van der Waals surface area contributed by atoms with Gasteiger partial charge >= 0.3 is 0 Å². The molecule has 2 amide bonds. The minimum absolute atomic E-state index is 0.0730. The molecule has 34 heavy (non-hydrogen) atoms. The standard InChI is InChI=1S/C27H37N3O4/c1-18-7-10-23(25(31)29-18)30-16-19-15-20(8-9-21(19)26(30)32)34-24-6-4-3-5-22(24)28-17-27(2)11-13-33-14-12-27/h8-9,15,22-24,28H,1,3-7,10-14,16-17H2,2H3,(H,29,31)/t22-,23?,24+/m1/s1. The number of allylic oxidation sites excluding steroid dienone is 1. The Kier molecular flexibility index (Phi) is 6.67. The summed E-state index contributed by atoms with van der Waals surface area (Å²) in [4.78, 5) is 27.1. The summed E-state index contributed by atoms with van der Waals surface area (Å²) < 4.78 is 12.1. The Morgan fingerprint density at radius 2 is 2.00 bits per heavy atom. The van der Waals surface area contributed by atoms with Gasteiger partial charge in [0.1, 0.15) is 17.9 Å². The smallest absolute Gasteiger partial charge is 0.255 e. The van der Waals surface area contributed by atoms with Gasteiger partial charge in [-0.05, 0) is 74.1 Å². The van der Waals surface area contributed by atoms with Crippen LogP contribution in [0.1, 0.15) is 74.2 Å². The fourth-order valence-electron chi connectivity index (χ4n) is 5.77. The average molecular weight is 468 g/mol. The highest BCUT2D eigenvalue weighted by atomic mass is 16.5. The molecule has 1 unspecified atom stereocenters. The average Bonchev–Trinajstić information content (AvgIpc) is 3.14. The Labute approximate surface area is 202 Å². The fraction of sp³-hybridized carbons (Fsp3) is 0.630. The van der Waals surface area contributed by atoms with E-state index in [2.05, 4.69) is 24.1 Å². The molecule has 2 saturated heterocycles. The second kappa shape index (κ2) is 9.70. The molecule has 7 nitrogen and oxygen atoms in total. The zero-order chi connectivity index (χ0) is 23.7. The van der Waals surface area contributed by atoms with Gasteiger partial charge in [-0.15, -0.1) is 0 Å². The van der Waals surface area contributed by atoms with E-state index in [1.165, 1.54) is 12.8 Å². The van der Waals surface area contributed by atoms with Crippen molar-refractivity contribution in [2.75, 3.05) is 19.8 Å². The number of nitrogens with one attached hydrogen (secondary N) is 2. The van der Waals surface area contributed by atoms with Crippen LogP contribution in [-0.2, 0) is 16.1 Å². The first-order valence-electron chi connectivity index (χ1n) is 12.8. The number of fused-ring (bicyclic) bond motifs is 1. The minimum Gasteiger partial charge on any atom is -0.489 e. The molecule has 7 heteroatoms. The summed E-state index contributed by atoms with van der Waals surface area (Å²) in [6.45, 7) is 9.33. The lowest BCUT2D eigenvalue weighted by Crippen LogP contribution is -2.49. The molecule has 3 heterocycles. The minimum atomic E-state index is -0.437. The van der Waals surface area contributed by atoms with E-state index in [0.29, 0.717) is 31.0 Å². The van der Waals surface area contributed by atoms with Gasteiger partial charge in [-0.1, -0.05) is 19.9 Å². The van der Waals surface area contributed by atoms with Crippen molar-refractivity contribution in [1.29, 1.82) is 0 Å². The van der Waals surface area contributed by atoms with Gasteiger partial charge in [0, 0.05) is 43.6 Å². The lowest BCUT2D eigenvalue weighted by molar-refractivity contribution is -0.126. The van der Waals surface area contributed by atoms with Crippen LogP contribution in [0, 0.1) is 5.41 Å². The quantitative estimate of drug-likeness (QED) is 0.669. The van der Waals surface area contributed by atoms with Crippen molar-refractivity contribution in [1.82, 2.24) is 15.5 Å². The number of hydrogen-bond donors (Lipinski definition) is 2. The second-order valence-electron chi connectivity index (χ2n) is 10.8. The Morgan fingerprint density at radius 3 is 2.79 bits per heavy atom. The number of amides is 2. The van der Waals surface area contributed by atoms with E-state index in [1.807, 2.05) is 18.2 Å². The van der Waals surface area contributed by atoms with Crippen LogP contribution in [0.15, 0.2) is 30.5 Å². The lowest BCUT2D eigenvalue weighted by atomic mass is 9.81. The third kappa shape index (κ3) is 4.86. The van der Waals surface area contributed by atoms with E-state index in [9.17, 15) is 9.59 Å². The molecule has 0 spiro atoms. The fourth-order valence-corrected chi connectivity index (χ4v) is 5.77. The summed E-state index contributed by atoms with van der Waals surface area (Å²) in [5.41, 5.74) is 2.63. The molecule has 184 valence electrons. The Balaban J connectivity index is 1.23. The monoisotopic (exact) mass is 467 g/mol. The zero-order valence-corrected chi connectivity index (χ0v) is 20.2. The van der Waals surface area contributed by atoms with Crippen molar-refractivity contribution in [2.24, 2.45) is 5.41 Å². The predicted molar refractivity (Wildman–Crippen MR) is 129 cm³/mol. The SMILES string of the molecule is C=C1CCC(N2Cc3cc(O[C@H]4CCCC[C@H]4NCC4(C)CCOCC4)ccc3C2=O)C(=O)N1. The number of rotatable bonds is 6. The number of benzene rings is 1. The second-order valence-corrected chi connectivity index (χ2v) is 10.8. The van der Waals surface area contributed by atoms with Gasteiger partial charge in [0.2, 0.25) is 5.91 Å². The largest absolute Gasteiger partial charge is 0.489 e. The van der Waals surface area contributed by atoms with Crippen LogP contribution in [-0.4, -0.2) is 54.7 Å². The number of carbonyl (C=O) groups excluding carboxylic acids is 2. The summed E-state index contributed by atoms with van der Waals surface area (Å²) in [7, 11) is 0. The van der Waals surface area contributed by atoms with E-state index in [4.69, 9.17) is 9.47 Å². The van der Waals surface area contributed by atoms with E-state index in [0.717, 1.165) is 62.5 Å². The normalized spacial score (nSPS) is 29.0. The van der Waals surface area contributed by atoms with Crippen LogP contribution < -0.4 is 15.4 Å². The van der Waals surface area contributed by atoms with Gasteiger partial charge in [0.05, 0.1) is 0 Å². The van der Waals surface area contributed by atoms with Crippen LogP contribution in [0.5, 0.6) is 5.75 Å². The van der Waals surface area contributed by atoms with Gasteiger partial charge in [-0.2, -0.15) is 0 Å². The van der Waals surface area contributed by atoms with Crippen molar-refractivity contribution >= 4 is 11.8 Å². The van der Waals surface area contributed by atoms with E-state index in [1.54, 1.807) is 4.90 Å². The molecule has 0 radical (unpaired) electrons.